The topological polar surface area (TPSA) is 151 Å². The Kier molecular flexibility index (Phi) is 9.25. The van der Waals surface area contributed by atoms with E-state index in [0.29, 0.717) is 39.7 Å². The molecule has 0 bridgehead atoms. The molecule has 202 valence electrons. The number of carbonyl (C=O) groups is 3. The van der Waals surface area contributed by atoms with Crippen molar-refractivity contribution in [1.29, 1.82) is 0 Å². The zero-order chi connectivity index (χ0) is 28.5. The number of aldehydes is 1. The lowest BCUT2D eigenvalue weighted by Gasteiger charge is -2.28. The second kappa shape index (κ2) is 13.2. The molecule has 0 saturated carbocycles. The largest absolute Gasteiger partial charge is 0.480 e. The number of carboxylic acid groups (broad SMARTS) is 1. The number of rotatable bonds is 4. The maximum absolute atomic E-state index is 12.2. The van der Waals surface area contributed by atoms with Crippen LogP contribution in [0.15, 0.2) is 67.1 Å². The third kappa shape index (κ3) is 6.91. The molecular formula is C30H28N6O4. The van der Waals surface area contributed by atoms with Gasteiger partial charge in [0.05, 0.1) is 16.8 Å². The van der Waals surface area contributed by atoms with Gasteiger partial charge >= 0.3 is 5.97 Å². The van der Waals surface area contributed by atoms with Gasteiger partial charge in [0.15, 0.2) is 6.29 Å². The fourth-order valence-electron chi connectivity index (χ4n) is 4.29. The number of hydrogen-bond donors (Lipinski definition) is 3. The molecule has 0 aliphatic carbocycles. The first kappa shape index (κ1) is 28.0. The molecule has 3 aromatic heterocycles. The molecule has 0 spiro atoms. The minimum atomic E-state index is -0.679. The highest BCUT2D eigenvalue weighted by Crippen LogP contribution is 2.24. The van der Waals surface area contributed by atoms with E-state index >= 15 is 0 Å². The van der Waals surface area contributed by atoms with Gasteiger partial charge in [-0.25, -0.2) is 10.8 Å². The third-order valence-electron chi connectivity index (χ3n) is 6.48. The molecule has 1 fully saturated rings. The number of hydrogen-bond acceptors (Lipinski definition) is 8. The lowest BCUT2D eigenvalue weighted by atomic mass is 10.0. The molecule has 1 atom stereocenters. The number of hydrazine groups is 1. The SMILES string of the molecule is CN1CCCCC1C(=O)O.NNC(=O)c1cc(-c2ccc(C#Cc3ccc(C=O)nc3)cc2)nc2ccncc12. The van der Waals surface area contributed by atoms with Gasteiger partial charge in [-0.1, -0.05) is 30.4 Å². The summed E-state index contributed by atoms with van der Waals surface area (Å²) < 4.78 is 0. The Labute approximate surface area is 231 Å². The van der Waals surface area contributed by atoms with Gasteiger partial charge in [0, 0.05) is 40.7 Å². The van der Waals surface area contributed by atoms with Crippen molar-refractivity contribution in [1.82, 2.24) is 25.3 Å². The summed E-state index contributed by atoms with van der Waals surface area (Å²) in [7, 11) is 1.87. The molecule has 1 aliphatic heterocycles. The Hall–Kier alpha value is -4.98. The van der Waals surface area contributed by atoms with Crippen molar-refractivity contribution < 1.29 is 19.5 Å². The van der Waals surface area contributed by atoms with Crippen molar-refractivity contribution in [3.05, 3.63) is 89.5 Å². The zero-order valence-electron chi connectivity index (χ0n) is 21.9. The van der Waals surface area contributed by atoms with Crippen molar-refractivity contribution in [2.45, 2.75) is 25.3 Å². The van der Waals surface area contributed by atoms with E-state index in [1.54, 1.807) is 42.9 Å². The maximum Gasteiger partial charge on any atom is 0.320 e. The molecular weight excluding hydrogens is 508 g/mol. The number of nitrogen functional groups attached to an aromatic ring is 1. The maximum atomic E-state index is 12.2. The quantitative estimate of drug-likeness (QED) is 0.117. The summed E-state index contributed by atoms with van der Waals surface area (Å²) >= 11 is 0. The summed E-state index contributed by atoms with van der Waals surface area (Å²) in [4.78, 5) is 48.0. The van der Waals surface area contributed by atoms with Gasteiger partial charge in [0.1, 0.15) is 11.7 Å². The second-order valence-electron chi connectivity index (χ2n) is 9.17. The number of likely N-dealkylation sites (N-methyl/N-ethyl adjacent to an activating group) is 1. The number of piperidine rings is 1. The molecule has 4 aromatic rings. The zero-order valence-corrected chi connectivity index (χ0v) is 21.9. The average Bonchev–Trinajstić information content (AvgIpc) is 3.00. The minimum absolute atomic E-state index is 0.228. The standard InChI is InChI=1S/C23H15N5O2.C7H13NO2/c24-28-23(30)19-11-22(27-21-9-10-25-13-20(19)21)17-6-3-15(4-7-17)1-2-16-5-8-18(14-29)26-12-16;1-8-5-3-2-4-6(8)7(9)10/h3-14H,24H2,(H,28,30);6H,2-5H2,1H3,(H,9,10). The van der Waals surface area contributed by atoms with Gasteiger partial charge in [0.25, 0.3) is 5.91 Å². The number of aliphatic carboxylic acids is 1. The summed E-state index contributed by atoms with van der Waals surface area (Å²) in [5, 5.41) is 9.29. The average molecular weight is 537 g/mol. The van der Waals surface area contributed by atoms with E-state index in [2.05, 4.69) is 32.2 Å². The van der Waals surface area contributed by atoms with Crippen LogP contribution in [0.2, 0.25) is 0 Å². The molecule has 1 amide bonds. The van der Waals surface area contributed by atoms with E-state index in [0.717, 1.165) is 36.9 Å². The van der Waals surface area contributed by atoms with Crippen LogP contribution in [0, 0.1) is 11.8 Å². The van der Waals surface area contributed by atoms with E-state index in [1.165, 1.54) is 0 Å². The van der Waals surface area contributed by atoms with Gasteiger partial charge in [-0.2, -0.15) is 0 Å². The lowest BCUT2D eigenvalue weighted by molar-refractivity contribution is -0.143. The minimum Gasteiger partial charge on any atom is -0.480 e. The van der Waals surface area contributed by atoms with Crippen LogP contribution in [0.25, 0.3) is 22.2 Å². The van der Waals surface area contributed by atoms with Gasteiger partial charge in [0.2, 0.25) is 0 Å². The van der Waals surface area contributed by atoms with Gasteiger partial charge in [-0.05, 0) is 62.8 Å². The van der Waals surface area contributed by atoms with Crippen molar-refractivity contribution in [2.75, 3.05) is 13.6 Å². The van der Waals surface area contributed by atoms with E-state index in [1.807, 2.05) is 36.2 Å². The van der Waals surface area contributed by atoms with Crippen LogP contribution in [0.1, 0.15) is 51.2 Å². The highest BCUT2D eigenvalue weighted by atomic mass is 16.4. The number of fused-ring (bicyclic) bond motifs is 1. The summed E-state index contributed by atoms with van der Waals surface area (Å²) in [6.07, 6.45) is 8.47. The highest BCUT2D eigenvalue weighted by Gasteiger charge is 2.24. The smallest absolute Gasteiger partial charge is 0.320 e. The number of carbonyl (C=O) groups excluding carboxylic acids is 2. The number of nitrogens with zero attached hydrogens (tertiary/aromatic N) is 4. The molecule has 1 unspecified atom stereocenters. The Morgan fingerprint density at radius 2 is 1.82 bits per heavy atom. The normalized spacial score (nSPS) is 14.7. The fraction of sp³-hybridized carbons (Fsp3) is 0.200. The second-order valence-corrected chi connectivity index (χ2v) is 9.17. The molecule has 10 heteroatoms. The van der Waals surface area contributed by atoms with E-state index in [4.69, 9.17) is 10.9 Å². The number of likely N-dealkylation sites (tertiary alicyclic amines) is 1. The van der Waals surface area contributed by atoms with E-state index in [9.17, 15) is 14.4 Å². The first-order valence-electron chi connectivity index (χ1n) is 12.6. The molecule has 4 heterocycles. The Balaban J connectivity index is 0.000000312. The van der Waals surface area contributed by atoms with Gasteiger partial charge in [-0.3, -0.25) is 34.7 Å². The fourth-order valence-corrected chi connectivity index (χ4v) is 4.29. The third-order valence-corrected chi connectivity index (χ3v) is 6.48. The number of nitrogens with two attached hydrogens (primary N) is 1. The van der Waals surface area contributed by atoms with Crippen LogP contribution in [0.5, 0.6) is 0 Å². The number of pyridine rings is 3. The van der Waals surface area contributed by atoms with Gasteiger partial charge in [-0.15, -0.1) is 0 Å². The van der Waals surface area contributed by atoms with Gasteiger partial charge < -0.3 is 5.11 Å². The summed E-state index contributed by atoms with van der Waals surface area (Å²) in [5.74, 6) is 10.3. The van der Waals surface area contributed by atoms with E-state index in [-0.39, 0.29) is 6.04 Å². The monoisotopic (exact) mass is 536 g/mol. The highest BCUT2D eigenvalue weighted by molar-refractivity contribution is 6.06. The Morgan fingerprint density at radius 3 is 2.45 bits per heavy atom. The molecule has 4 N–H and O–H groups in total. The predicted molar refractivity (Wildman–Crippen MR) is 150 cm³/mol. The van der Waals surface area contributed by atoms with Crippen LogP contribution in [-0.4, -0.2) is 62.8 Å². The number of aromatic nitrogens is 3. The van der Waals surface area contributed by atoms with Crippen molar-refractivity contribution >= 4 is 29.1 Å². The van der Waals surface area contributed by atoms with Crippen molar-refractivity contribution in [3.63, 3.8) is 0 Å². The lowest BCUT2D eigenvalue weighted by Crippen LogP contribution is -2.41. The molecule has 1 saturated heterocycles. The molecule has 40 heavy (non-hydrogen) atoms. The Morgan fingerprint density at radius 1 is 1.07 bits per heavy atom. The van der Waals surface area contributed by atoms with Crippen LogP contribution in [0.3, 0.4) is 0 Å². The molecule has 10 nitrogen and oxygen atoms in total. The molecule has 1 aromatic carbocycles. The number of amides is 1. The number of carboxylic acids is 1. The van der Waals surface area contributed by atoms with E-state index < -0.39 is 11.9 Å². The first-order chi connectivity index (χ1) is 19.4. The van der Waals surface area contributed by atoms with Crippen LogP contribution in [0.4, 0.5) is 0 Å². The summed E-state index contributed by atoms with van der Waals surface area (Å²) in [6.45, 7) is 0.928. The van der Waals surface area contributed by atoms with Crippen molar-refractivity contribution in [2.24, 2.45) is 5.84 Å². The van der Waals surface area contributed by atoms with Crippen LogP contribution in [-0.2, 0) is 4.79 Å². The van der Waals surface area contributed by atoms with Crippen LogP contribution < -0.4 is 11.3 Å². The number of benzene rings is 1. The first-order valence-corrected chi connectivity index (χ1v) is 12.6. The summed E-state index contributed by atoms with van der Waals surface area (Å²) in [5.41, 5.74) is 6.58. The molecule has 0 radical (unpaired) electrons. The molecule has 1 aliphatic rings. The predicted octanol–water partition coefficient (Wildman–Crippen LogP) is 3.06. The molecule has 5 rings (SSSR count). The summed E-state index contributed by atoms with van der Waals surface area (Å²) in [6, 6.07) is 14.1. The van der Waals surface area contributed by atoms with Crippen molar-refractivity contribution in [3.8, 4) is 23.1 Å². The Bertz CT molecular complexity index is 1580. The number of nitrogens with one attached hydrogen (secondary N) is 1. The van der Waals surface area contributed by atoms with Crippen LogP contribution >= 0.6 is 0 Å².